The second-order valence-corrected chi connectivity index (χ2v) is 7.57. The van der Waals surface area contributed by atoms with Crippen molar-refractivity contribution in [2.75, 3.05) is 0 Å². The van der Waals surface area contributed by atoms with E-state index < -0.39 is 5.91 Å². The van der Waals surface area contributed by atoms with Gasteiger partial charge in [0.05, 0.1) is 5.56 Å². The minimum Gasteiger partial charge on any atom is -0.289 e. The monoisotopic (exact) mass is 397 g/mol. The predicted molar refractivity (Wildman–Crippen MR) is 119 cm³/mol. The normalized spacial score (nSPS) is 10.3. The molecule has 0 aliphatic carbocycles. The second kappa shape index (κ2) is 13.7. The summed E-state index contributed by atoms with van der Waals surface area (Å²) in [7, 11) is 0. The largest absolute Gasteiger partial charge is 0.289 e. The number of hydrogen-bond donors (Lipinski definition) is 2. The van der Waals surface area contributed by atoms with Crippen LogP contribution in [0.25, 0.3) is 0 Å². The van der Waals surface area contributed by atoms with E-state index in [0.29, 0.717) is 5.56 Å². The van der Waals surface area contributed by atoms with Gasteiger partial charge in [0.1, 0.15) is 0 Å². The van der Waals surface area contributed by atoms with Crippen molar-refractivity contribution in [2.45, 2.75) is 66.2 Å². The maximum absolute atomic E-state index is 12.3. The smallest absolute Gasteiger partial charge is 0.275 e. The zero-order chi connectivity index (χ0) is 21.6. The van der Waals surface area contributed by atoms with Crippen LogP contribution in [0, 0.1) is 12.8 Å². The summed E-state index contributed by atoms with van der Waals surface area (Å²) in [5, 5.41) is 8.69. The van der Waals surface area contributed by atoms with Crippen LogP contribution in [0.1, 0.15) is 91.1 Å². The van der Waals surface area contributed by atoms with Crippen molar-refractivity contribution in [3.8, 4) is 0 Å². The number of ketones is 1. The van der Waals surface area contributed by atoms with Crippen LogP contribution in [-0.4, -0.2) is 16.9 Å². The molecule has 4 nitrogen and oxygen atoms in total. The summed E-state index contributed by atoms with van der Waals surface area (Å²) in [4.78, 5) is 23.8. The molecule has 2 aromatic rings. The van der Waals surface area contributed by atoms with Gasteiger partial charge >= 0.3 is 0 Å². The average molecular weight is 398 g/mol. The van der Waals surface area contributed by atoms with Crippen LogP contribution >= 0.6 is 0 Å². The molecule has 0 aliphatic rings. The van der Waals surface area contributed by atoms with Gasteiger partial charge in [-0.25, -0.2) is 5.48 Å². The molecule has 0 radical (unpaired) electrons. The van der Waals surface area contributed by atoms with Gasteiger partial charge in [-0.2, -0.15) is 0 Å². The first-order valence-electron chi connectivity index (χ1n) is 10.6. The van der Waals surface area contributed by atoms with Gasteiger partial charge in [-0.05, 0) is 18.9 Å². The molecule has 2 aromatic carbocycles. The summed E-state index contributed by atoms with van der Waals surface area (Å²) >= 11 is 0. The molecule has 0 saturated heterocycles. The van der Waals surface area contributed by atoms with Crippen molar-refractivity contribution in [1.82, 2.24) is 5.48 Å². The van der Waals surface area contributed by atoms with Crippen molar-refractivity contribution >= 4 is 11.7 Å². The van der Waals surface area contributed by atoms with Crippen molar-refractivity contribution in [3.63, 3.8) is 0 Å². The maximum atomic E-state index is 12.3. The second-order valence-electron chi connectivity index (χ2n) is 7.57. The number of benzene rings is 2. The third kappa shape index (κ3) is 8.61. The minimum atomic E-state index is -0.698. The van der Waals surface area contributed by atoms with E-state index in [1.165, 1.54) is 44.6 Å². The fraction of sp³-hybridized carbons (Fsp3) is 0.440. The Morgan fingerprint density at radius 3 is 1.90 bits per heavy atom. The zero-order valence-corrected chi connectivity index (χ0v) is 18.2. The zero-order valence-electron chi connectivity index (χ0n) is 18.2. The number of unbranched alkanes of at least 4 members (excludes halogenated alkanes) is 2. The minimum absolute atomic E-state index is 0.149. The molecular weight excluding hydrogens is 362 g/mol. The van der Waals surface area contributed by atoms with Gasteiger partial charge in [0.15, 0.2) is 5.78 Å². The van der Waals surface area contributed by atoms with Crippen molar-refractivity contribution in [3.05, 3.63) is 70.8 Å². The molecular formula is C25H35NO3. The molecule has 0 unspecified atom stereocenters. The first-order valence-corrected chi connectivity index (χ1v) is 10.6. The SMILES string of the molecule is CCCCC(C)CCCC.Cc1ccc(C(=O)c2ccccc2C(=O)NO)cc1. The highest BCUT2D eigenvalue weighted by Gasteiger charge is 2.17. The standard InChI is InChI=1S/C15H13NO3.C10H22/c1-10-6-8-11(9-7-10)14(17)12-4-2-3-5-13(12)15(18)16-19;1-4-6-8-10(3)9-7-5-2/h2-9,19H,1H3,(H,16,18);10H,4-9H2,1-3H3. The number of aryl methyl sites for hydroxylation is 1. The third-order valence-electron chi connectivity index (χ3n) is 4.93. The summed E-state index contributed by atoms with van der Waals surface area (Å²) in [5.41, 5.74) is 3.51. The summed E-state index contributed by atoms with van der Waals surface area (Å²) in [6.45, 7) is 8.85. The molecule has 4 heteroatoms. The van der Waals surface area contributed by atoms with Gasteiger partial charge in [0, 0.05) is 11.1 Å². The highest BCUT2D eigenvalue weighted by molar-refractivity contribution is 6.15. The maximum Gasteiger partial charge on any atom is 0.275 e. The van der Waals surface area contributed by atoms with Gasteiger partial charge < -0.3 is 0 Å². The van der Waals surface area contributed by atoms with Crippen LogP contribution in [0.3, 0.4) is 0 Å². The Kier molecular flexibility index (Phi) is 11.6. The van der Waals surface area contributed by atoms with Gasteiger partial charge in [-0.3, -0.25) is 14.8 Å². The molecule has 29 heavy (non-hydrogen) atoms. The van der Waals surface area contributed by atoms with Crippen LogP contribution in [0.5, 0.6) is 0 Å². The number of rotatable bonds is 9. The fourth-order valence-electron chi connectivity index (χ4n) is 3.05. The molecule has 0 bridgehead atoms. The lowest BCUT2D eigenvalue weighted by Gasteiger charge is -2.08. The fourth-order valence-corrected chi connectivity index (χ4v) is 3.05. The van der Waals surface area contributed by atoms with Gasteiger partial charge in [0.25, 0.3) is 5.91 Å². The molecule has 2 rings (SSSR count). The Morgan fingerprint density at radius 1 is 0.897 bits per heavy atom. The molecule has 0 heterocycles. The van der Waals surface area contributed by atoms with Crippen LogP contribution in [-0.2, 0) is 0 Å². The van der Waals surface area contributed by atoms with Crippen molar-refractivity contribution < 1.29 is 14.8 Å². The molecule has 2 N–H and O–H groups in total. The van der Waals surface area contributed by atoms with E-state index in [2.05, 4.69) is 20.8 Å². The van der Waals surface area contributed by atoms with E-state index in [1.807, 2.05) is 19.1 Å². The summed E-state index contributed by atoms with van der Waals surface area (Å²) in [5.74, 6) is 0.0233. The van der Waals surface area contributed by atoms with Gasteiger partial charge in [0.2, 0.25) is 0 Å². The van der Waals surface area contributed by atoms with Crippen molar-refractivity contribution in [1.29, 1.82) is 0 Å². The lowest BCUT2D eigenvalue weighted by molar-refractivity contribution is 0.0703. The summed E-state index contributed by atoms with van der Waals surface area (Å²) in [6, 6.07) is 13.5. The summed E-state index contributed by atoms with van der Waals surface area (Å²) < 4.78 is 0. The number of hydroxylamine groups is 1. The molecule has 0 aliphatic heterocycles. The first kappa shape index (κ1) is 24.6. The predicted octanol–water partition coefficient (Wildman–Crippen LogP) is 6.35. The molecule has 0 saturated carbocycles. The molecule has 0 spiro atoms. The average Bonchev–Trinajstić information content (AvgIpc) is 2.76. The quantitative estimate of drug-likeness (QED) is 0.294. The Labute approximate surface area is 175 Å². The van der Waals surface area contributed by atoms with E-state index in [1.54, 1.807) is 35.8 Å². The van der Waals surface area contributed by atoms with Gasteiger partial charge in [-0.1, -0.05) is 107 Å². The molecule has 1 amide bonds. The van der Waals surface area contributed by atoms with E-state index in [4.69, 9.17) is 5.21 Å². The highest BCUT2D eigenvalue weighted by Crippen LogP contribution is 2.16. The van der Waals surface area contributed by atoms with Gasteiger partial charge in [-0.15, -0.1) is 0 Å². The number of nitrogens with one attached hydrogen (secondary N) is 1. The Balaban J connectivity index is 0.000000359. The van der Waals surface area contributed by atoms with Crippen LogP contribution in [0.15, 0.2) is 48.5 Å². The van der Waals surface area contributed by atoms with E-state index in [9.17, 15) is 9.59 Å². The lowest BCUT2D eigenvalue weighted by Crippen LogP contribution is -2.21. The first-order chi connectivity index (χ1) is 13.9. The molecule has 0 atom stereocenters. The Bertz CT molecular complexity index is 745. The highest BCUT2D eigenvalue weighted by atomic mass is 16.5. The van der Waals surface area contributed by atoms with Crippen molar-refractivity contribution in [2.24, 2.45) is 5.92 Å². The van der Waals surface area contributed by atoms with E-state index >= 15 is 0 Å². The van der Waals surface area contributed by atoms with E-state index in [0.717, 1.165) is 11.5 Å². The van der Waals surface area contributed by atoms with Crippen LogP contribution in [0.2, 0.25) is 0 Å². The van der Waals surface area contributed by atoms with E-state index in [-0.39, 0.29) is 16.9 Å². The third-order valence-corrected chi connectivity index (χ3v) is 4.93. The lowest BCUT2D eigenvalue weighted by atomic mass is 9.97. The molecule has 158 valence electrons. The molecule has 0 fully saturated rings. The summed E-state index contributed by atoms with van der Waals surface area (Å²) in [6.07, 6.45) is 8.44. The van der Waals surface area contributed by atoms with Crippen LogP contribution < -0.4 is 5.48 Å². The Morgan fingerprint density at radius 2 is 1.41 bits per heavy atom. The van der Waals surface area contributed by atoms with Crippen LogP contribution in [0.4, 0.5) is 0 Å². The molecule has 0 aromatic heterocycles. The number of amides is 1. The topological polar surface area (TPSA) is 66.4 Å². The number of hydrogen-bond acceptors (Lipinski definition) is 3. The number of carbonyl (C=O) groups is 2. The number of carbonyl (C=O) groups excluding carboxylic acids is 2. The Hall–Kier alpha value is -2.46.